The average molecular weight is 285 g/mol. The van der Waals surface area contributed by atoms with Crippen LogP contribution in [0.1, 0.15) is 17.8 Å². The second kappa shape index (κ2) is 6.79. The summed E-state index contributed by atoms with van der Waals surface area (Å²) in [5.41, 5.74) is 0. The van der Waals surface area contributed by atoms with E-state index in [-0.39, 0.29) is 12.6 Å². The van der Waals surface area contributed by atoms with Crippen LogP contribution in [0.4, 0.5) is 0 Å². The summed E-state index contributed by atoms with van der Waals surface area (Å²) in [4.78, 5) is 1.26. The van der Waals surface area contributed by atoms with Crippen LogP contribution >= 0.6 is 23.1 Å². The maximum Gasteiger partial charge on any atom is 0.245 e. The van der Waals surface area contributed by atoms with E-state index in [1.165, 1.54) is 4.88 Å². The Hall–Kier alpha value is -1.02. The van der Waals surface area contributed by atoms with E-state index >= 15 is 0 Å². The fraction of sp³-hybridized carbons (Fsp3) is 0.455. The third-order valence-corrected chi connectivity index (χ3v) is 3.91. The third kappa shape index (κ3) is 4.02. The zero-order valence-corrected chi connectivity index (χ0v) is 11.6. The first-order chi connectivity index (χ1) is 8.75. The molecule has 2 aromatic heterocycles. The molecule has 0 aliphatic heterocycles. The molecule has 0 fully saturated rings. The fourth-order valence-electron chi connectivity index (χ4n) is 1.41. The summed E-state index contributed by atoms with van der Waals surface area (Å²) in [7, 11) is 0. The van der Waals surface area contributed by atoms with Crippen LogP contribution in [0.3, 0.4) is 0 Å². The SMILES string of the molecule is C[C@@H](NCC(O)COc1cnsn1)c1cccs1. The van der Waals surface area contributed by atoms with Crippen molar-refractivity contribution in [3.63, 3.8) is 0 Å². The molecule has 0 spiro atoms. The van der Waals surface area contributed by atoms with Gasteiger partial charge >= 0.3 is 0 Å². The van der Waals surface area contributed by atoms with E-state index in [4.69, 9.17) is 4.74 Å². The van der Waals surface area contributed by atoms with Crippen LogP contribution in [0.2, 0.25) is 0 Å². The second-order valence-electron chi connectivity index (χ2n) is 3.86. The molecular formula is C11H15N3O2S2. The Kier molecular flexibility index (Phi) is 5.06. The predicted molar refractivity (Wildman–Crippen MR) is 72.1 cm³/mol. The van der Waals surface area contributed by atoms with Gasteiger partial charge in [0.05, 0.1) is 11.7 Å². The molecule has 0 aliphatic carbocycles. The van der Waals surface area contributed by atoms with Gasteiger partial charge in [0.1, 0.15) is 18.9 Å². The van der Waals surface area contributed by atoms with Gasteiger partial charge in [-0.15, -0.1) is 15.7 Å². The van der Waals surface area contributed by atoms with Gasteiger partial charge in [0.15, 0.2) is 0 Å². The van der Waals surface area contributed by atoms with Crippen LogP contribution in [-0.4, -0.2) is 33.1 Å². The van der Waals surface area contributed by atoms with Crippen molar-refractivity contribution in [2.24, 2.45) is 0 Å². The smallest absolute Gasteiger partial charge is 0.245 e. The normalized spacial score (nSPS) is 14.3. The van der Waals surface area contributed by atoms with Crippen LogP contribution in [-0.2, 0) is 0 Å². The van der Waals surface area contributed by atoms with Gasteiger partial charge < -0.3 is 15.2 Å². The molecule has 0 saturated heterocycles. The monoisotopic (exact) mass is 285 g/mol. The van der Waals surface area contributed by atoms with Gasteiger partial charge in [-0.1, -0.05) is 6.07 Å². The van der Waals surface area contributed by atoms with Crippen LogP contribution < -0.4 is 10.1 Å². The van der Waals surface area contributed by atoms with Crippen molar-refractivity contribution < 1.29 is 9.84 Å². The molecule has 0 radical (unpaired) electrons. The number of nitrogens with zero attached hydrogens (tertiary/aromatic N) is 2. The second-order valence-corrected chi connectivity index (χ2v) is 5.39. The number of nitrogens with one attached hydrogen (secondary N) is 1. The predicted octanol–water partition coefficient (Wildman–Crippen LogP) is 1.69. The topological polar surface area (TPSA) is 67.3 Å². The molecule has 2 aromatic rings. The molecule has 0 bridgehead atoms. The molecule has 2 atom stereocenters. The van der Waals surface area contributed by atoms with E-state index in [2.05, 4.69) is 27.1 Å². The average Bonchev–Trinajstić information content (AvgIpc) is 3.05. The lowest BCUT2D eigenvalue weighted by Gasteiger charge is -2.16. The number of hydrogen-bond acceptors (Lipinski definition) is 7. The first-order valence-corrected chi connectivity index (χ1v) is 7.22. The summed E-state index contributed by atoms with van der Waals surface area (Å²) in [6.45, 7) is 2.77. The summed E-state index contributed by atoms with van der Waals surface area (Å²) < 4.78 is 13.0. The van der Waals surface area contributed by atoms with E-state index in [9.17, 15) is 5.11 Å². The Bertz CT molecular complexity index is 433. The van der Waals surface area contributed by atoms with Crippen LogP contribution in [0, 0.1) is 0 Å². The van der Waals surface area contributed by atoms with E-state index in [1.807, 2.05) is 11.4 Å². The Morgan fingerprint density at radius 3 is 3.11 bits per heavy atom. The molecule has 5 nitrogen and oxygen atoms in total. The summed E-state index contributed by atoms with van der Waals surface area (Å²) in [5, 5.41) is 15.1. The zero-order chi connectivity index (χ0) is 12.8. The van der Waals surface area contributed by atoms with Crippen molar-refractivity contribution in [3.05, 3.63) is 28.6 Å². The van der Waals surface area contributed by atoms with E-state index in [0.717, 1.165) is 11.7 Å². The van der Waals surface area contributed by atoms with Crippen LogP contribution in [0.25, 0.3) is 0 Å². The first-order valence-electron chi connectivity index (χ1n) is 5.61. The molecule has 98 valence electrons. The Labute approximate surface area is 114 Å². The van der Waals surface area contributed by atoms with Crippen molar-refractivity contribution in [2.75, 3.05) is 13.2 Å². The number of hydrogen-bond donors (Lipinski definition) is 2. The fourth-order valence-corrected chi connectivity index (χ4v) is 2.53. The van der Waals surface area contributed by atoms with Crippen molar-refractivity contribution >= 4 is 23.1 Å². The standard InChI is InChI=1S/C11H15N3O2S2/c1-8(10-3-2-4-17-10)12-5-9(15)7-16-11-6-13-18-14-11/h2-4,6,8-9,12,15H,5,7H2,1H3/t8-,9?/m1/s1. The maximum absolute atomic E-state index is 9.77. The van der Waals surface area contributed by atoms with Gasteiger partial charge in [0, 0.05) is 17.5 Å². The minimum Gasteiger partial charge on any atom is -0.473 e. The number of ether oxygens (including phenoxy) is 1. The van der Waals surface area contributed by atoms with Gasteiger partial charge in [-0.25, -0.2) is 0 Å². The van der Waals surface area contributed by atoms with Crippen LogP contribution in [0.5, 0.6) is 5.88 Å². The van der Waals surface area contributed by atoms with Crippen molar-refractivity contribution in [3.8, 4) is 5.88 Å². The zero-order valence-electron chi connectivity index (χ0n) is 9.94. The van der Waals surface area contributed by atoms with E-state index in [0.29, 0.717) is 12.4 Å². The minimum atomic E-state index is -0.561. The highest BCUT2D eigenvalue weighted by Crippen LogP contribution is 2.17. The van der Waals surface area contributed by atoms with E-state index < -0.39 is 6.10 Å². The molecule has 7 heteroatoms. The highest BCUT2D eigenvalue weighted by Gasteiger charge is 2.10. The minimum absolute atomic E-state index is 0.218. The number of aliphatic hydroxyl groups excluding tert-OH is 1. The van der Waals surface area contributed by atoms with Crippen molar-refractivity contribution in [2.45, 2.75) is 19.1 Å². The number of aromatic nitrogens is 2. The van der Waals surface area contributed by atoms with E-state index in [1.54, 1.807) is 17.5 Å². The highest BCUT2D eigenvalue weighted by atomic mass is 32.1. The Morgan fingerprint density at radius 1 is 1.56 bits per heavy atom. The molecule has 0 amide bonds. The molecule has 0 aromatic carbocycles. The summed E-state index contributed by atoms with van der Waals surface area (Å²) >= 11 is 2.79. The largest absolute Gasteiger partial charge is 0.473 e. The Balaban J connectivity index is 1.67. The molecular weight excluding hydrogens is 270 g/mol. The maximum atomic E-state index is 9.77. The molecule has 18 heavy (non-hydrogen) atoms. The van der Waals surface area contributed by atoms with Gasteiger partial charge in [-0.3, -0.25) is 0 Å². The van der Waals surface area contributed by atoms with Gasteiger partial charge in [0.25, 0.3) is 0 Å². The van der Waals surface area contributed by atoms with Gasteiger partial charge in [0.2, 0.25) is 5.88 Å². The molecule has 1 unspecified atom stereocenters. The third-order valence-electron chi connectivity index (χ3n) is 2.39. The molecule has 0 saturated carbocycles. The van der Waals surface area contributed by atoms with Crippen LogP contribution in [0.15, 0.2) is 23.7 Å². The molecule has 2 heterocycles. The molecule has 2 rings (SSSR count). The molecule has 2 N–H and O–H groups in total. The van der Waals surface area contributed by atoms with Crippen molar-refractivity contribution in [1.82, 2.24) is 14.1 Å². The quantitative estimate of drug-likeness (QED) is 0.810. The lowest BCUT2D eigenvalue weighted by atomic mass is 10.2. The number of aliphatic hydroxyl groups is 1. The Morgan fingerprint density at radius 2 is 2.44 bits per heavy atom. The first kappa shape index (κ1) is 13.4. The highest BCUT2D eigenvalue weighted by molar-refractivity contribution is 7.10. The van der Waals surface area contributed by atoms with Gasteiger partial charge in [-0.2, -0.15) is 4.37 Å². The lowest BCUT2D eigenvalue weighted by Crippen LogP contribution is -2.32. The summed E-state index contributed by atoms with van der Waals surface area (Å²) in [5.74, 6) is 0.463. The number of rotatable bonds is 7. The summed E-state index contributed by atoms with van der Waals surface area (Å²) in [6.07, 6.45) is 0.980. The lowest BCUT2D eigenvalue weighted by molar-refractivity contribution is 0.102. The van der Waals surface area contributed by atoms with Gasteiger partial charge in [-0.05, 0) is 18.4 Å². The summed E-state index contributed by atoms with van der Waals surface area (Å²) in [6, 6.07) is 4.33. The number of thiophene rings is 1. The molecule has 0 aliphatic rings. The van der Waals surface area contributed by atoms with Crippen molar-refractivity contribution in [1.29, 1.82) is 0 Å².